The second-order valence-electron chi connectivity index (χ2n) is 10.4. The highest BCUT2D eigenvalue weighted by Crippen LogP contribution is 2.46. The highest BCUT2D eigenvalue weighted by molar-refractivity contribution is 6.46. The quantitative estimate of drug-likeness (QED) is 0.216. The number of benzene rings is 5. The van der Waals surface area contributed by atoms with Crippen LogP contribution in [0.2, 0.25) is 0 Å². The summed E-state index contributed by atoms with van der Waals surface area (Å²) >= 11 is 0. The fourth-order valence-electron chi connectivity index (χ4n) is 5.94. The van der Waals surface area contributed by atoms with Gasteiger partial charge in [-0.25, -0.2) is 0 Å². The summed E-state index contributed by atoms with van der Waals surface area (Å²) in [7, 11) is 0. The van der Waals surface area contributed by atoms with Gasteiger partial charge in [-0.3, -0.25) is 9.59 Å². The van der Waals surface area contributed by atoms with Crippen LogP contribution in [0.5, 0.6) is 0 Å². The molecule has 0 spiro atoms. The van der Waals surface area contributed by atoms with E-state index in [0.717, 1.165) is 55.7 Å². The average molecular weight is 539 g/mol. The summed E-state index contributed by atoms with van der Waals surface area (Å²) in [6, 6.07) is 48.1. The van der Waals surface area contributed by atoms with Crippen molar-refractivity contribution in [2.45, 2.75) is 0 Å². The van der Waals surface area contributed by atoms with E-state index >= 15 is 0 Å². The number of carbonyl (C=O) groups is 2. The third-order valence-electron chi connectivity index (χ3n) is 7.84. The molecule has 198 valence electrons. The third kappa shape index (κ3) is 4.49. The van der Waals surface area contributed by atoms with Crippen LogP contribution in [-0.4, -0.2) is 11.6 Å². The monoisotopic (exact) mass is 538 g/mol. The lowest BCUT2D eigenvalue weighted by molar-refractivity contribution is -0.110. The van der Waals surface area contributed by atoms with Crippen LogP contribution in [0.1, 0.15) is 33.4 Å². The van der Waals surface area contributed by atoms with Crippen LogP contribution in [0.3, 0.4) is 0 Å². The fraction of sp³-hybridized carbons (Fsp3) is 0. The van der Waals surface area contributed by atoms with E-state index in [4.69, 9.17) is 0 Å². The molecular weight excluding hydrogens is 512 g/mol. The highest BCUT2D eigenvalue weighted by Gasteiger charge is 2.30. The minimum Gasteiger partial charge on any atom is -0.289 e. The Morgan fingerprint density at radius 1 is 0.262 bits per heavy atom. The van der Waals surface area contributed by atoms with Gasteiger partial charge in [-0.05, 0) is 56.7 Å². The van der Waals surface area contributed by atoms with Gasteiger partial charge in [0.2, 0.25) is 0 Å². The summed E-state index contributed by atoms with van der Waals surface area (Å²) in [6.07, 6.45) is 3.51. The maximum atomic E-state index is 13.5. The minimum absolute atomic E-state index is 0.00360. The van der Waals surface area contributed by atoms with Gasteiger partial charge in [0.25, 0.3) is 0 Å². The third-order valence-corrected chi connectivity index (χ3v) is 7.84. The zero-order chi connectivity index (χ0) is 28.5. The van der Waals surface area contributed by atoms with Crippen molar-refractivity contribution in [1.29, 1.82) is 0 Å². The molecule has 0 fully saturated rings. The van der Waals surface area contributed by atoms with Gasteiger partial charge in [-0.1, -0.05) is 146 Å². The molecule has 7 rings (SSSR count). The first kappa shape index (κ1) is 25.4. The molecule has 0 saturated heterocycles. The number of carbonyl (C=O) groups excluding carboxylic acids is 2. The van der Waals surface area contributed by atoms with E-state index in [2.05, 4.69) is 24.3 Å². The Bertz CT molecular complexity index is 1790. The van der Waals surface area contributed by atoms with Crippen molar-refractivity contribution in [3.63, 3.8) is 0 Å². The van der Waals surface area contributed by atoms with Gasteiger partial charge >= 0.3 is 0 Å². The lowest BCUT2D eigenvalue weighted by Crippen LogP contribution is -1.98. The summed E-state index contributed by atoms with van der Waals surface area (Å²) in [5.74, 6) is 0.00720. The second kappa shape index (κ2) is 10.8. The van der Waals surface area contributed by atoms with Crippen LogP contribution in [0, 0.1) is 0 Å². The van der Waals surface area contributed by atoms with Crippen molar-refractivity contribution < 1.29 is 9.59 Å². The molecule has 0 N–H and O–H groups in total. The van der Waals surface area contributed by atoms with Gasteiger partial charge in [0.1, 0.15) is 0 Å². The molecule has 0 aromatic heterocycles. The van der Waals surface area contributed by atoms with Crippen LogP contribution in [-0.2, 0) is 9.59 Å². The summed E-state index contributed by atoms with van der Waals surface area (Å²) in [5.41, 5.74) is 10.8. The van der Waals surface area contributed by atoms with Gasteiger partial charge < -0.3 is 0 Å². The Balaban J connectivity index is 1.39. The molecule has 0 amide bonds. The molecule has 0 atom stereocenters. The van der Waals surface area contributed by atoms with Crippen LogP contribution in [0.25, 0.3) is 33.4 Å². The predicted octanol–water partition coefficient (Wildman–Crippen LogP) is 8.84. The fourth-order valence-corrected chi connectivity index (χ4v) is 5.94. The first-order chi connectivity index (χ1) is 20.7. The standard InChI is InChI=1S/C40H26O2/c41-35-25-33(27-13-5-1-6-14-27)37(39(35)29-17-9-3-10-18-29)31-21-23-32(24-22-31)38-34(28-15-7-2-8-16-28)26-36(42)40(38)30-19-11-4-12-20-30/h1-26H. The maximum Gasteiger partial charge on any atom is 0.187 e. The Kier molecular flexibility index (Phi) is 6.50. The van der Waals surface area contributed by atoms with Crippen molar-refractivity contribution in [2.24, 2.45) is 0 Å². The zero-order valence-corrected chi connectivity index (χ0v) is 22.8. The van der Waals surface area contributed by atoms with Crippen LogP contribution < -0.4 is 0 Å². The van der Waals surface area contributed by atoms with E-state index < -0.39 is 0 Å². The van der Waals surface area contributed by atoms with Crippen LogP contribution in [0.4, 0.5) is 0 Å². The molecule has 2 heteroatoms. The van der Waals surface area contributed by atoms with Crippen molar-refractivity contribution in [3.05, 3.63) is 191 Å². The van der Waals surface area contributed by atoms with Crippen LogP contribution >= 0.6 is 0 Å². The topological polar surface area (TPSA) is 34.1 Å². The maximum absolute atomic E-state index is 13.5. The molecule has 0 bridgehead atoms. The van der Waals surface area contributed by atoms with Gasteiger partial charge in [0.05, 0.1) is 0 Å². The van der Waals surface area contributed by atoms with Crippen LogP contribution in [0.15, 0.2) is 158 Å². The lowest BCUT2D eigenvalue weighted by Gasteiger charge is -2.16. The van der Waals surface area contributed by atoms with E-state index in [9.17, 15) is 9.59 Å². The van der Waals surface area contributed by atoms with Crippen molar-refractivity contribution in [1.82, 2.24) is 0 Å². The number of ketones is 2. The summed E-state index contributed by atoms with van der Waals surface area (Å²) < 4.78 is 0. The molecule has 0 heterocycles. The largest absolute Gasteiger partial charge is 0.289 e. The number of hydrogen-bond acceptors (Lipinski definition) is 2. The Morgan fingerprint density at radius 2 is 0.524 bits per heavy atom. The molecule has 2 aliphatic rings. The molecule has 5 aromatic carbocycles. The van der Waals surface area contributed by atoms with E-state index in [0.29, 0.717) is 11.1 Å². The van der Waals surface area contributed by atoms with Gasteiger partial charge in [0.15, 0.2) is 11.6 Å². The van der Waals surface area contributed by atoms with Crippen molar-refractivity contribution in [3.8, 4) is 0 Å². The molecule has 0 aliphatic heterocycles. The second-order valence-corrected chi connectivity index (χ2v) is 10.4. The van der Waals surface area contributed by atoms with Gasteiger partial charge in [0, 0.05) is 22.3 Å². The van der Waals surface area contributed by atoms with Gasteiger partial charge in [-0.2, -0.15) is 0 Å². The van der Waals surface area contributed by atoms with Gasteiger partial charge in [-0.15, -0.1) is 0 Å². The molecule has 0 radical (unpaired) electrons. The molecule has 2 aliphatic carbocycles. The molecule has 2 nitrogen and oxygen atoms in total. The number of allylic oxidation sites excluding steroid dienone is 8. The SMILES string of the molecule is O=C1C=C(c2ccccc2)C(c2ccc(C3=C(c4ccccc4)C(=O)C=C3c3ccccc3)cc2)=C1c1ccccc1. The van der Waals surface area contributed by atoms with Crippen molar-refractivity contribution in [2.75, 3.05) is 0 Å². The summed E-state index contributed by atoms with van der Waals surface area (Å²) in [5, 5.41) is 0. The Hall–Kier alpha value is -5.60. The highest BCUT2D eigenvalue weighted by atomic mass is 16.1. The Morgan fingerprint density at radius 3 is 0.833 bits per heavy atom. The first-order valence-corrected chi connectivity index (χ1v) is 14.0. The zero-order valence-electron chi connectivity index (χ0n) is 22.8. The molecular formula is C40H26O2. The molecule has 0 unspecified atom stereocenters. The molecule has 5 aromatic rings. The smallest absolute Gasteiger partial charge is 0.187 e. The number of hydrogen-bond donors (Lipinski definition) is 0. The van der Waals surface area contributed by atoms with Crippen molar-refractivity contribution >= 4 is 45.0 Å². The van der Waals surface area contributed by atoms with E-state index in [1.54, 1.807) is 12.2 Å². The normalized spacial score (nSPS) is 14.9. The molecule has 42 heavy (non-hydrogen) atoms. The molecule has 0 saturated carbocycles. The van der Waals surface area contributed by atoms with E-state index in [1.165, 1.54) is 0 Å². The number of rotatable bonds is 6. The first-order valence-electron chi connectivity index (χ1n) is 14.0. The lowest BCUT2D eigenvalue weighted by atomic mass is 9.87. The average Bonchev–Trinajstić information content (AvgIpc) is 3.59. The summed E-state index contributed by atoms with van der Waals surface area (Å²) in [4.78, 5) is 26.9. The predicted molar refractivity (Wildman–Crippen MR) is 172 cm³/mol. The Labute approximate surface area is 245 Å². The van der Waals surface area contributed by atoms with E-state index in [1.807, 2.05) is 121 Å². The summed E-state index contributed by atoms with van der Waals surface area (Å²) in [6.45, 7) is 0. The minimum atomic E-state index is 0.00360. The van der Waals surface area contributed by atoms with E-state index in [-0.39, 0.29) is 11.6 Å².